The second-order valence-electron chi connectivity index (χ2n) is 11.3. The summed E-state index contributed by atoms with van der Waals surface area (Å²) in [6.07, 6.45) is -1.01. The molecule has 14 nitrogen and oxygen atoms in total. The standard InChI is InChI=1S/C32H38N2O12/c1-17(2)28(37)44-25-18(3)43-30(39)22(16-42-29(38)21(25)15-20-11-9-8-10-12-20)34-27(36)24-26(23(41-7)13-14-33-24)45-31(40)32(5,6)46-19(4)35/h8-14,17-18,21-22,25H,15-16H2,1-7H3,(H,34,36)/t18-,21+,22?,25?/m0/s1. The first-order chi connectivity index (χ1) is 21.6. The van der Waals surface area contributed by atoms with Crippen LogP contribution in [0.1, 0.15) is 57.6 Å². The maximum Gasteiger partial charge on any atom is 0.355 e. The molecule has 0 saturated carbocycles. The molecular formula is C32H38N2O12. The van der Waals surface area contributed by atoms with Crippen LogP contribution in [0.4, 0.5) is 0 Å². The highest BCUT2D eigenvalue weighted by Gasteiger charge is 2.43. The number of hydrogen-bond donors (Lipinski definition) is 1. The Balaban J connectivity index is 1.90. The molecule has 1 aliphatic heterocycles. The summed E-state index contributed by atoms with van der Waals surface area (Å²) in [5.41, 5.74) is -1.46. The number of ether oxygens (including phenoxy) is 6. The zero-order chi connectivity index (χ0) is 34.2. The molecule has 248 valence electrons. The highest BCUT2D eigenvalue weighted by molar-refractivity contribution is 5.99. The van der Waals surface area contributed by atoms with Crippen LogP contribution in [0, 0.1) is 11.8 Å². The minimum atomic E-state index is -1.74. The Morgan fingerprint density at radius 1 is 1.07 bits per heavy atom. The van der Waals surface area contributed by atoms with Crippen molar-refractivity contribution in [2.75, 3.05) is 13.7 Å². The van der Waals surface area contributed by atoms with E-state index in [1.54, 1.807) is 38.1 Å². The molecule has 1 N–H and O–H groups in total. The summed E-state index contributed by atoms with van der Waals surface area (Å²) in [4.78, 5) is 81.2. The van der Waals surface area contributed by atoms with Gasteiger partial charge in [0.05, 0.1) is 13.0 Å². The van der Waals surface area contributed by atoms with Gasteiger partial charge >= 0.3 is 29.8 Å². The predicted octanol–water partition coefficient (Wildman–Crippen LogP) is 2.35. The minimum Gasteiger partial charge on any atom is -0.493 e. The van der Waals surface area contributed by atoms with Crippen molar-refractivity contribution in [3.8, 4) is 11.5 Å². The first-order valence-corrected chi connectivity index (χ1v) is 14.5. The Hall–Kier alpha value is -5.01. The van der Waals surface area contributed by atoms with E-state index in [0.717, 1.165) is 12.5 Å². The van der Waals surface area contributed by atoms with Gasteiger partial charge in [-0.2, -0.15) is 0 Å². The largest absolute Gasteiger partial charge is 0.493 e. The number of esters is 5. The smallest absolute Gasteiger partial charge is 0.355 e. The van der Waals surface area contributed by atoms with Gasteiger partial charge in [-0.05, 0) is 32.8 Å². The van der Waals surface area contributed by atoms with Crippen LogP contribution < -0.4 is 14.8 Å². The number of amides is 1. The molecule has 2 aromatic rings. The van der Waals surface area contributed by atoms with Crippen molar-refractivity contribution in [3.63, 3.8) is 0 Å². The summed E-state index contributed by atoms with van der Waals surface area (Å²) in [7, 11) is 1.26. The first kappa shape index (κ1) is 35.5. The van der Waals surface area contributed by atoms with Gasteiger partial charge in [-0.3, -0.25) is 19.2 Å². The van der Waals surface area contributed by atoms with Crippen molar-refractivity contribution in [3.05, 3.63) is 53.9 Å². The monoisotopic (exact) mass is 642 g/mol. The van der Waals surface area contributed by atoms with Gasteiger partial charge in [0.25, 0.3) is 5.91 Å². The highest BCUT2D eigenvalue weighted by Crippen LogP contribution is 2.31. The molecule has 0 bridgehead atoms. The molecule has 1 amide bonds. The third-order valence-corrected chi connectivity index (χ3v) is 6.86. The molecule has 0 radical (unpaired) electrons. The molecule has 0 aliphatic carbocycles. The molecule has 1 saturated heterocycles. The number of carbonyl (C=O) groups is 6. The number of rotatable bonds is 10. The second-order valence-corrected chi connectivity index (χ2v) is 11.3. The van der Waals surface area contributed by atoms with Crippen molar-refractivity contribution in [2.45, 2.75) is 71.8 Å². The van der Waals surface area contributed by atoms with Crippen molar-refractivity contribution < 1.29 is 57.2 Å². The van der Waals surface area contributed by atoms with Gasteiger partial charge in [0.2, 0.25) is 11.4 Å². The second kappa shape index (κ2) is 15.3. The van der Waals surface area contributed by atoms with E-state index in [2.05, 4.69) is 10.3 Å². The van der Waals surface area contributed by atoms with Crippen molar-refractivity contribution >= 4 is 35.8 Å². The molecule has 14 heteroatoms. The van der Waals surface area contributed by atoms with Crippen LogP contribution in [-0.2, 0) is 49.3 Å². The zero-order valence-electron chi connectivity index (χ0n) is 26.7. The van der Waals surface area contributed by atoms with E-state index in [-0.39, 0.29) is 12.2 Å². The van der Waals surface area contributed by atoms with E-state index < -0.39 is 89.5 Å². The van der Waals surface area contributed by atoms with Gasteiger partial charge in [0, 0.05) is 19.2 Å². The minimum absolute atomic E-state index is 0.0669. The van der Waals surface area contributed by atoms with E-state index in [1.807, 2.05) is 6.07 Å². The van der Waals surface area contributed by atoms with E-state index in [1.165, 1.54) is 40.1 Å². The Morgan fingerprint density at radius 2 is 1.74 bits per heavy atom. The number of aromatic nitrogens is 1. The number of hydrogen-bond acceptors (Lipinski definition) is 13. The lowest BCUT2D eigenvalue weighted by Crippen LogP contribution is -2.47. The lowest BCUT2D eigenvalue weighted by Gasteiger charge is -2.29. The molecule has 2 heterocycles. The molecule has 4 atom stereocenters. The fourth-order valence-corrected chi connectivity index (χ4v) is 4.45. The van der Waals surface area contributed by atoms with Crippen LogP contribution in [0.3, 0.4) is 0 Å². The molecule has 1 aromatic carbocycles. The molecule has 3 rings (SSSR count). The number of benzene rings is 1. The topological polar surface area (TPSA) is 183 Å². The van der Waals surface area contributed by atoms with Gasteiger partial charge < -0.3 is 33.7 Å². The average Bonchev–Trinajstić information content (AvgIpc) is 3.02. The Kier molecular flexibility index (Phi) is 11.8. The van der Waals surface area contributed by atoms with Gasteiger partial charge in [-0.25, -0.2) is 14.6 Å². The quantitative estimate of drug-likeness (QED) is 0.295. The van der Waals surface area contributed by atoms with Crippen LogP contribution >= 0.6 is 0 Å². The number of carbonyl (C=O) groups excluding carboxylic acids is 6. The summed E-state index contributed by atoms with van der Waals surface area (Å²) < 4.78 is 32.4. The van der Waals surface area contributed by atoms with Crippen LogP contribution in [0.5, 0.6) is 11.5 Å². The molecule has 46 heavy (non-hydrogen) atoms. The highest BCUT2D eigenvalue weighted by atomic mass is 16.6. The van der Waals surface area contributed by atoms with Crippen molar-refractivity contribution in [1.82, 2.24) is 10.3 Å². The van der Waals surface area contributed by atoms with Crippen LogP contribution in [0.2, 0.25) is 0 Å². The summed E-state index contributed by atoms with van der Waals surface area (Å²) in [5, 5.41) is 2.40. The Labute approximate surface area is 266 Å². The zero-order valence-corrected chi connectivity index (χ0v) is 26.7. The van der Waals surface area contributed by atoms with Gasteiger partial charge in [-0.15, -0.1) is 0 Å². The van der Waals surface area contributed by atoms with Gasteiger partial charge in [0.1, 0.15) is 18.6 Å². The molecule has 1 fully saturated rings. The SMILES string of the molecule is COc1ccnc(C(=O)NC2COC(=O)[C@H](Cc3ccccc3)C(OC(=O)C(C)C)[C@H](C)OC2=O)c1OC(=O)C(C)(C)OC(C)=O. The van der Waals surface area contributed by atoms with Gasteiger partial charge in [-0.1, -0.05) is 44.2 Å². The fraction of sp³-hybridized carbons (Fsp3) is 0.469. The summed E-state index contributed by atoms with van der Waals surface area (Å²) in [6, 6.07) is 8.75. The molecule has 0 spiro atoms. The lowest BCUT2D eigenvalue weighted by atomic mass is 9.91. The Morgan fingerprint density at radius 3 is 2.35 bits per heavy atom. The summed E-state index contributed by atoms with van der Waals surface area (Å²) in [6.45, 7) is 7.78. The van der Waals surface area contributed by atoms with E-state index in [0.29, 0.717) is 0 Å². The molecular weight excluding hydrogens is 604 g/mol. The normalized spacial score (nSPS) is 20.2. The third kappa shape index (κ3) is 9.02. The molecule has 1 aromatic heterocycles. The number of nitrogens with one attached hydrogen (secondary N) is 1. The number of methoxy groups -OCH3 is 1. The van der Waals surface area contributed by atoms with E-state index in [9.17, 15) is 28.8 Å². The molecule has 2 unspecified atom stereocenters. The van der Waals surface area contributed by atoms with Crippen molar-refractivity contribution in [1.29, 1.82) is 0 Å². The summed E-state index contributed by atoms with van der Waals surface area (Å²) in [5.74, 6) is -7.24. The first-order valence-electron chi connectivity index (χ1n) is 14.5. The molecule has 1 aliphatic rings. The number of pyridine rings is 1. The maximum atomic E-state index is 13.5. The number of nitrogens with zero attached hydrogens (tertiary/aromatic N) is 1. The van der Waals surface area contributed by atoms with Crippen LogP contribution in [-0.4, -0.2) is 78.3 Å². The fourth-order valence-electron chi connectivity index (χ4n) is 4.45. The number of cyclic esters (lactones) is 2. The van der Waals surface area contributed by atoms with Crippen molar-refractivity contribution in [2.24, 2.45) is 11.8 Å². The average molecular weight is 643 g/mol. The van der Waals surface area contributed by atoms with Gasteiger partial charge in [0.15, 0.2) is 23.6 Å². The van der Waals surface area contributed by atoms with E-state index >= 15 is 0 Å². The maximum absolute atomic E-state index is 13.5. The third-order valence-electron chi connectivity index (χ3n) is 6.86. The predicted molar refractivity (Wildman–Crippen MR) is 158 cm³/mol. The van der Waals surface area contributed by atoms with Crippen LogP contribution in [0.25, 0.3) is 0 Å². The Bertz CT molecular complexity index is 1460. The lowest BCUT2D eigenvalue weighted by molar-refractivity contribution is -0.176. The van der Waals surface area contributed by atoms with E-state index in [4.69, 9.17) is 28.4 Å². The summed E-state index contributed by atoms with van der Waals surface area (Å²) >= 11 is 0. The van der Waals surface area contributed by atoms with Crippen LogP contribution in [0.15, 0.2) is 42.6 Å².